The minimum absolute atomic E-state index is 0.102. The zero-order valence-corrected chi connectivity index (χ0v) is 10.3. The van der Waals surface area contributed by atoms with Crippen LogP contribution in [-0.4, -0.2) is 29.1 Å². The maximum absolute atomic E-state index is 13.4. The molecule has 0 radical (unpaired) electrons. The number of piperidine rings is 1. The summed E-state index contributed by atoms with van der Waals surface area (Å²) in [4.78, 5) is 14.0. The Kier molecular flexibility index (Phi) is 2.99. The average Bonchev–Trinajstić information content (AvgIpc) is 2.64. The number of amides is 1. The summed E-state index contributed by atoms with van der Waals surface area (Å²) >= 11 is 0. The van der Waals surface area contributed by atoms with E-state index in [9.17, 15) is 18.0 Å². The van der Waals surface area contributed by atoms with Crippen LogP contribution in [-0.2, 0) is 0 Å². The fourth-order valence-electron chi connectivity index (χ4n) is 3.22. The second-order valence-corrected chi connectivity index (χ2v) is 5.29. The number of benzene rings is 1. The van der Waals surface area contributed by atoms with E-state index in [-0.39, 0.29) is 23.6 Å². The van der Waals surface area contributed by atoms with Gasteiger partial charge in [-0.3, -0.25) is 4.79 Å². The molecule has 2 aliphatic heterocycles. The number of hydrogen-bond acceptors (Lipinski definition) is 1. The third-order valence-corrected chi connectivity index (χ3v) is 4.08. The summed E-state index contributed by atoms with van der Waals surface area (Å²) in [7, 11) is 0. The number of carbonyl (C=O) groups excluding carboxylic acids is 1. The van der Waals surface area contributed by atoms with E-state index >= 15 is 0 Å². The lowest BCUT2D eigenvalue weighted by atomic mass is 9.99. The molecule has 1 amide bonds. The Morgan fingerprint density at radius 3 is 2.32 bits per heavy atom. The molecule has 2 fully saturated rings. The molecule has 0 spiro atoms. The van der Waals surface area contributed by atoms with Crippen LogP contribution in [0.2, 0.25) is 0 Å². The Morgan fingerprint density at radius 1 is 1.11 bits per heavy atom. The van der Waals surface area contributed by atoms with Crippen molar-refractivity contribution in [3.63, 3.8) is 0 Å². The molecule has 2 bridgehead atoms. The number of nitrogens with zero attached hydrogens (tertiary/aromatic N) is 1. The molecular formula is C14H14F3NO. The van der Waals surface area contributed by atoms with E-state index in [2.05, 4.69) is 0 Å². The molecule has 2 aliphatic rings. The van der Waals surface area contributed by atoms with Crippen LogP contribution in [0.25, 0.3) is 0 Å². The number of alkyl halides is 1. The Balaban J connectivity index is 1.86. The predicted octanol–water partition coefficient (Wildman–Crippen LogP) is 3.07. The molecule has 2 nitrogen and oxygen atoms in total. The molecule has 2 atom stereocenters. The largest absolute Gasteiger partial charge is 0.332 e. The van der Waals surface area contributed by atoms with Gasteiger partial charge in [0, 0.05) is 17.6 Å². The fraction of sp³-hybridized carbons (Fsp3) is 0.500. The van der Waals surface area contributed by atoms with Gasteiger partial charge in [0.25, 0.3) is 5.91 Å². The van der Waals surface area contributed by atoms with Gasteiger partial charge in [-0.1, -0.05) is 0 Å². The summed E-state index contributed by atoms with van der Waals surface area (Å²) < 4.78 is 39.5. The van der Waals surface area contributed by atoms with Crippen LogP contribution in [0.3, 0.4) is 0 Å². The van der Waals surface area contributed by atoms with Gasteiger partial charge in [0.05, 0.1) is 0 Å². The second-order valence-electron chi connectivity index (χ2n) is 5.29. The highest BCUT2D eigenvalue weighted by Crippen LogP contribution is 2.37. The normalized spacial score (nSPS) is 29.6. The molecule has 0 aliphatic carbocycles. The summed E-state index contributed by atoms with van der Waals surface area (Å²) in [6.07, 6.45) is 1.44. The quantitative estimate of drug-likeness (QED) is 0.767. The number of carbonyl (C=O) groups is 1. The lowest BCUT2D eigenvalue weighted by molar-refractivity contribution is 0.0478. The van der Waals surface area contributed by atoms with E-state index in [1.807, 2.05) is 0 Å². The van der Waals surface area contributed by atoms with Crippen molar-refractivity contribution in [2.45, 2.75) is 43.9 Å². The predicted molar refractivity (Wildman–Crippen MR) is 63.5 cm³/mol. The monoisotopic (exact) mass is 269 g/mol. The maximum Gasteiger partial charge on any atom is 0.254 e. The maximum atomic E-state index is 13.4. The SMILES string of the molecule is O=C(c1ccc(F)c(F)c1)N1C2CCC1CC(F)C2. The Morgan fingerprint density at radius 2 is 1.74 bits per heavy atom. The number of rotatable bonds is 1. The van der Waals surface area contributed by atoms with Crippen molar-refractivity contribution in [2.24, 2.45) is 0 Å². The first-order valence-corrected chi connectivity index (χ1v) is 6.48. The number of fused-ring (bicyclic) bond motifs is 2. The molecule has 3 rings (SSSR count). The molecule has 19 heavy (non-hydrogen) atoms. The second kappa shape index (κ2) is 4.54. The van der Waals surface area contributed by atoms with Gasteiger partial charge in [0.15, 0.2) is 11.6 Å². The van der Waals surface area contributed by atoms with Gasteiger partial charge < -0.3 is 4.90 Å². The Hall–Kier alpha value is -1.52. The summed E-state index contributed by atoms with van der Waals surface area (Å²) in [6.45, 7) is 0. The van der Waals surface area contributed by atoms with Crippen molar-refractivity contribution in [3.8, 4) is 0 Å². The van der Waals surface area contributed by atoms with E-state index < -0.39 is 17.8 Å². The summed E-state index contributed by atoms with van der Waals surface area (Å²) in [5.74, 6) is -2.32. The first kappa shape index (κ1) is 12.5. The molecular weight excluding hydrogens is 255 g/mol. The summed E-state index contributed by atoms with van der Waals surface area (Å²) in [6, 6.07) is 2.94. The van der Waals surface area contributed by atoms with E-state index in [0.717, 1.165) is 25.0 Å². The van der Waals surface area contributed by atoms with Crippen molar-refractivity contribution in [2.75, 3.05) is 0 Å². The van der Waals surface area contributed by atoms with Gasteiger partial charge in [-0.25, -0.2) is 13.2 Å². The smallest absolute Gasteiger partial charge is 0.254 e. The molecule has 102 valence electrons. The number of hydrogen-bond donors (Lipinski definition) is 0. The minimum atomic E-state index is -1.03. The minimum Gasteiger partial charge on any atom is -0.332 e. The van der Waals surface area contributed by atoms with Crippen LogP contribution in [0.15, 0.2) is 18.2 Å². The summed E-state index contributed by atoms with van der Waals surface area (Å²) in [5, 5.41) is 0. The topological polar surface area (TPSA) is 20.3 Å². The molecule has 2 heterocycles. The lowest BCUT2D eigenvalue weighted by Crippen LogP contribution is -2.47. The van der Waals surface area contributed by atoms with Gasteiger partial charge in [-0.2, -0.15) is 0 Å². The van der Waals surface area contributed by atoms with Crippen molar-refractivity contribution >= 4 is 5.91 Å². The van der Waals surface area contributed by atoms with Gasteiger partial charge in [-0.05, 0) is 43.9 Å². The average molecular weight is 269 g/mol. The van der Waals surface area contributed by atoms with Crippen molar-refractivity contribution in [1.82, 2.24) is 4.90 Å². The van der Waals surface area contributed by atoms with Crippen molar-refractivity contribution in [1.29, 1.82) is 0 Å². The van der Waals surface area contributed by atoms with Gasteiger partial charge in [0.1, 0.15) is 6.17 Å². The molecule has 2 unspecified atom stereocenters. The van der Waals surface area contributed by atoms with E-state index in [0.29, 0.717) is 12.8 Å². The molecule has 1 aromatic carbocycles. The lowest BCUT2D eigenvalue weighted by Gasteiger charge is -2.36. The zero-order chi connectivity index (χ0) is 13.6. The van der Waals surface area contributed by atoms with Crippen LogP contribution in [0, 0.1) is 11.6 Å². The van der Waals surface area contributed by atoms with E-state index in [1.54, 1.807) is 4.90 Å². The fourth-order valence-corrected chi connectivity index (χ4v) is 3.22. The van der Waals surface area contributed by atoms with E-state index in [4.69, 9.17) is 0 Å². The van der Waals surface area contributed by atoms with Crippen LogP contribution in [0.5, 0.6) is 0 Å². The van der Waals surface area contributed by atoms with Crippen LogP contribution in [0.4, 0.5) is 13.2 Å². The third-order valence-electron chi connectivity index (χ3n) is 4.08. The highest BCUT2D eigenvalue weighted by molar-refractivity contribution is 5.95. The molecule has 0 N–H and O–H groups in total. The molecule has 2 saturated heterocycles. The molecule has 0 aromatic heterocycles. The highest BCUT2D eigenvalue weighted by Gasteiger charge is 2.43. The van der Waals surface area contributed by atoms with E-state index in [1.165, 1.54) is 6.07 Å². The highest BCUT2D eigenvalue weighted by atomic mass is 19.2. The van der Waals surface area contributed by atoms with Gasteiger partial charge >= 0.3 is 0 Å². The Bertz CT molecular complexity index is 505. The first-order chi connectivity index (χ1) is 9.06. The third kappa shape index (κ3) is 2.11. The summed E-state index contributed by atoms with van der Waals surface area (Å²) in [5.41, 5.74) is 0.133. The molecule has 5 heteroatoms. The van der Waals surface area contributed by atoms with Crippen molar-refractivity contribution in [3.05, 3.63) is 35.4 Å². The van der Waals surface area contributed by atoms with Crippen LogP contribution in [0.1, 0.15) is 36.0 Å². The Labute approximate surface area is 109 Å². The van der Waals surface area contributed by atoms with Gasteiger partial charge in [0.2, 0.25) is 0 Å². The van der Waals surface area contributed by atoms with Gasteiger partial charge in [-0.15, -0.1) is 0 Å². The molecule has 1 aromatic rings. The number of halogens is 3. The first-order valence-electron chi connectivity index (χ1n) is 6.48. The molecule has 0 saturated carbocycles. The standard InChI is InChI=1S/C14H14F3NO/c15-9-6-10-2-3-11(7-9)18(10)14(19)8-1-4-12(16)13(17)5-8/h1,4-5,9-11H,2-3,6-7H2. The van der Waals surface area contributed by atoms with Crippen LogP contribution < -0.4 is 0 Å². The zero-order valence-electron chi connectivity index (χ0n) is 10.3. The van der Waals surface area contributed by atoms with Crippen molar-refractivity contribution < 1.29 is 18.0 Å². The van der Waals surface area contributed by atoms with Crippen LogP contribution >= 0.6 is 0 Å².